The van der Waals surface area contributed by atoms with Crippen LogP contribution >= 0.6 is 0 Å². The highest BCUT2D eigenvalue weighted by molar-refractivity contribution is 7.92. The van der Waals surface area contributed by atoms with Gasteiger partial charge in [-0.1, -0.05) is 30.3 Å². The normalized spacial score (nSPS) is 15.3. The molecule has 1 atom stereocenters. The van der Waals surface area contributed by atoms with Gasteiger partial charge >= 0.3 is 0 Å². The van der Waals surface area contributed by atoms with Crippen molar-refractivity contribution in [1.29, 1.82) is 0 Å². The first-order valence-electron chi connectivity index (χ1n) is 11.1. The van der Waals surface area contributed by atoms with E-state index in [1.807, 2.05) is 45.0 Å². The SMILES string of the molecule is Cc1ccc2c(c1)N(S(=O)(=O)c1ccccc1)C[C@@H](C(=O)NCCOc1ccc(C)c(C)c1)O2. The lowest BCUT2D eigenvalue weighted by atomic mass is 10.1. The van der Waals surface area contributed by atoms with E-state index in [-0.39, 0.29) is 24.6 Å². The van der Waals surface area contributed by atoms with Gasteiger partial charge in [0, 0.05) is 0 Å². The molecule has 0 radical (unpaired) electrons. The number of sulfonamides is 1. The van der Waals surface area contributed by atoms with Gasteiger partial charge in [-0.3, -0.25) is 9.10 Å². The number of nitrogens with zero attached hydrogens (tertiary/aromatic N) is 1. The van der Waals surface area contributed by atoms with Crippen molar-refractivity contribution in [2.75, 3.05) is 24.0 Å². The van der Waals surface area contributed by atoms with Crippen molar-refractivity contribution >= 4 is 21.6 Å². The summed E-state index contributed by atoms with van der Waals surface area (Å²) in [6.45, 7) is 6.34. The maximum atomic E-state index is 13.4. The molecule has 34 heavy (non-hydrogen) atoms. The molecule has 1 aliphatic heterocycles. The van der Waals surface area contributed by atoms with Crippen molar-refractivity contribution in [2.45, 2.75) is 31.8 Å². The summed E-state index contributed by atoms with van der Waals surface area (Å²) in [6, 6.07) is 19.3. The van der Waals surface area contributed by atoms with Gasteiger partial charge < -0.3 is 14.8 Å². The average molecular weight is 481 g/mol. The average Bonchev–Trinajstić information content (AvgIpc) is 2.83. The third kappa shape index (κ3) is 5.02. The van der Waals surface area contributed by atoms with Crippen LogP contribution in [0.1, 0.15) is 16.7 Å². The van der Waals surface area contributed by atoms with Gasteiger partial charge in [-0.2, -0.15) is 0 Å². The third-order valence-corrected chi connectivity index (χ3v) is 7.55. The number of hydrogen-bond acceptors (Lipinski definition) is 5. The van der Waals surface area contributed by atoms with Crippen LogP contribution in [-0.4, -0.2) is 40.1 Å². The summed E-state index contributed by atoms with van der Waals surface area (Å²) in [7, 11) is -3.88. The van der Waals surface area contributed by atoms with E-state index in [1.165, 1.54) is 9.87 Å². The number of ether oxygens (including phenoxy) is 2. The van der Waals surface area contributed by atoms with Crippen LogP contribution in [0, 0.1) is 20.8 Å². The maximum Gasteiger partial charge on any atom is 0.264 e. The predicted octanol–water partition coefficient (Wildman–Crippen LogP) is 3.76. The number of carbonyl (C=O) groups is 1. The Labute approximate surface area is 200 Å². The first-order chi connectivity index (χ1) is 16.3. The summed E-state index contributed by atoms with van der Waals surface area (Å²) in [6.07, 6.45) is -0.990. The summed E-state index contributed by atoms with van der Waals surface area (Å²) in [5.41, 5.74) is 3.62. The number of rotatable bonds is 7. The minimum Gasteiger partial charge on any atom is -0.492 e. The second-order valence-corrected chi connectivity index (χ2v) is 10.2. The highest BCUT2D eigenvalue weighted by Crippen LogP contribution is 2.37. The number of benzene rings is 3. The van der Waals surface area contributed by atoms with Gasteiger partial charge in [0.05, 0.1) is 23.7 Å². The smallest absolute Gasteiger partial charge is 0.264 e. The first-order valence-corrected chi connectivity index (χ1v) is 12.5. The molecule has 0 aromatic heterocycles. The highest BCUT2D eigenvalue weighted by Gasteiger charge is 2.37. The van der Waals surface area contributed by atoms with Crippen molar-refractivity contribution < 1.29 is 22.7 Å². The first kappa shape index (κ1) is 23.6. The molecule has 8 heteroatoms. The molecule has 4 rings (SSSR count). The van der Waals surface area contributed by atoms with Gasteiger partial charge in [0.25, 0.3) is 15.9 Å². The minimum atomic E-state index is -3.88. The number of fused-ring (bicyclic) bond motifs is 1. The van der Waals surface area contributed by atoms with Gasteiger partial charge in [0.1, 0.15) is 18.1 Å². The molecule has 7 nitrogen and oxygen atoms in total. The van der Waals surface area contributed by atoms with Gasteiger partial charge in [-0.05, 0) is 73.9 Å². The van der Waals surface area contributed by atoms with Gasteiger partial charge in [0.15, 0.2) is 6.10 Å². The van der Waals surface area contributed by atoms with Crippen LogP contribution in [-0.2, 0) is 14.8 Å². The molecule has 1 N–H and O–H groups in total. The fourth-order valence-corrected chi connectivity index (χ4v) is 5.19. The molecule has 178 valence electrons. The van der Waals surface area contributed by atoms with Crippen molar-refractivity contribution in [3.05, 3.63) is 83.4 Å². The lowest BCUT2D eigenvalue weighted by Gasteiger charge is -2.35. The van der Waals surface area contributed by atoms with Gasteiger partial charge in [-0.25, -0.2) is 8.42 Å². The standard InChI is InChI=1S/C26H28N2O5S/c1-18-9-12-24-23(15-18)28(34(30,31)22-7-5-4-6-8-22)17-25(33-24)26(29)27-13-14-32-21-11-10-19(2)20(3)16-21/h4-12,15-16,25H,13-14,17H2,1-3H3,(H,27,29)/t25-/m0/s1. The lowest BCUT2D eigenvalue weighted by molar-refractivity contribution is -0.127. The van der Waals surface area contributed by atoms with E-state index in [1.54, 1.807) is 42.5 Å². The van der Waals surface area contributed by atoms with Crippen LogP contribution in [0.15, 0.2) is 71.6 Å². The molecule has 1 heterocycles. The van der Waals surface area contributed by atoms with E-state index in [2.05, 4.69) is 5.32 Å². The number of anilines is 1. The van der Waals surface area contributed by atoms with Crippen LogP contribution in [0.3, 0.4) is 0 Å². The Morgan fingerprint density at radius 3 is 2.53 bits per heavy atom. The highest BCUT2D eigenvalue weighted by atomic mass is 32.2. The lowest BCUT2D eigenvalue weighted by Crippen LogP contribution is -2.51. The number of carbonyl (C=O) groups excluding carboxylic acids is 1. The fourth-order valence-electron chi connectivity index (χ4n) is 3.71. The monoisotopic (exact) mass is 480 g/mol. The Morgan fingerprint density at radius 2 is 1.79 bits per heavy atom. The molecule has 1 aliphatic rings. The predicted molar refractivity (Wildman–Crippen MR) is 131 cm³/mol. The molecular formula is C26H28N2O5S. The van der Waals surface area contributed by atoms with Crippen LogP contribution in [0.25, 0.3) is 0 Å². The van der Waals surface area contributed by atoms with E-state index >= 15 is 0 Å². The number of nitrogens with one attached hydrogen (secondary N) is 1. The summed E-state index contributed by atoms with van der Waals surface area (Å²) in [4.78, 5) is 13.0. The zero-order valence-electron chi connectivity index (χ0n) is 19.4. The molecule has 0 unspecified atom stereocenters. The van der Waals surface area contributed by atoms with Crippen LogP contribution in [0.2, 0.25) is 0 Å². The summed E-state index contributed by atoms with van der Waals surface area (Å²) in [5.74, 6) is 0.682. The van der Waals surface area contributed by atoms with Crippen molar-refractivity contribution in [2.24, 2.45) is 0 Å². The van der Waals surface area contributed by atoms with Crippen molar-refractivity contribution in [3.63, 3.8) is 0 Å². The molecule has 0 spiro atoms. The molecule has 0 fully saturated rings. The third-order valence-electron chi connectivity index (χ3n) is 5.76. The topological polar surface area (TPSA) is 84.9 Å². The zero-order chi connectivity index (χ0) is 24.3. The molecule has 3 aromatic carbocycles. The molecule has 1 amide bonds. The Kier molecular flexibility index (Phi) is 6.79. The molecule has 0 bridgehead atoms. The molecule has 0 saturated heterocycles. The molecular weight excluding hydrogens is 452 g/mol. The second kappa shape index (κ2) is 9.77. The number of amides is 1. The van der Waals surface area contributed by atoms with E-state index in [0.29, 0.717) is 11.4 Å². The fraction of sp³-hybridized carbons (Fsp3) is 0.269. The van der Waals surface area contributed by atoms with Crippen molar-refractivity contribution in [1.82, 2.24) is 5.32 Å². The quantitative estimate of drug-likeness (QED) is 0.521. The van der Waals surface area contributed by atoms with E-state index in [0.717, 1.165) is 16.9 Å². The Balaban J connectivity index is 1.47. The van der Waals surface area contributed by atoms with Crippen molar-refractivity contribution in [3.8, 4) is 11.5 Å². The maximum absolute atomic E-state index is 13.4. The summed E-state index contributed by atoms with van der Waals surface area (Å²) < 4.78 is 39.7. The van der Waals surface area contributed by atoms with Crippen LogP contribution in [0.4, 0.5) is 5.69 Å². The van der Waals surface area contributed by atoms with E-state index in [9.17, 15) is 13.2 Å². The Hall–Kier alpha value is -3.52. The zero-order valence-corrected chi connectivity index (χ0v) is 20.3. The molecule has 0 aliphatic carbocycles. The Morgan fingerprint density at radius 1 is 1.03 bits per heavy atom. The molecule has 3 aromatic rings. The minimum absolute atomic E-state index is 0.127. The summed E-state index contributed by atoms with van der Waals surface area (Å²) >= 11 is 0. The second-order valence-electron chi connectivity index (χ2n) is 8.31. The van der Waals surface area contributed by atoms with E-state index < -0.39 is 22.0 Å². The number of hydrogen-bond donors (Lipinski definition) is 1. The van der Waals surface area contributed by atoms with Crippen LogP contribution in [0.5, 0.6) is 11.5 Å². The number of aryl methyl sites for hydroxylation is 3. The Bertz CT molecular complexity index is 1290. The molecule has 0 saturated carbocycles. The summed E-state index contributed by atoms with van der Waals surface area (Å²) in [5, 5.41) is 2.79. The van der Waals surface area contributed by atoms with Gasteiger partial charge in [0.2, 0.25) is 0 Å². The van der Waals surface area contributed by atoms with Crippen LogP contribution < -0.4 is 19.1 Å². The van der Waals surface area contributed by atoms with E-state index in [4.69, 9.17) is 9.47 Å². The van der Waals surface area contributed by atoms with Gasteiger partial charge in [-0.15, -0.1) is 0 Å². The largest absolute Gasteiger partial charge is 0.492 e.